The number of aliphatic carboxylic acids is 1. The quantitative estimate of drug-likeness (QED) is 0.932. The zero-order valence-electron chi connectivity index (χ0n) is 10.3. The Labute approximate surface area is 122 Å². The van der Waals surface area contributed by atoms with Gasteiger partial charge in [-0.2, -0.15) is 0 Å². The molecule has 0 amide bonds. The first-order valence-electron chi connectivity index (χ1n) is 5.96. The lowest BCUT2D eigenvalue weighted by Gasteiger charge is -2.30. The van der Waals surface area contributed by atoms with Gasteiger partial charge in [0.15, 0.2) is 0 Å². The van der Waals surface area contributed by atoms with Crippen molar-refractivity contribution in [1.82, 2.24) is 4.90 Å². The number of halogens is 3. The zero-order chi connectivity index (χ0) is 13.1. The van der Waals surface area contributed by atoms with Crippen molar-refractivity contribution in [2.45, 2.75) is 19.4 Å². The van der Waals surface area contributed by atoms with Gasteiger partial charge in [-0.3, -0.25) is 9.69 Å². The smallest absolute Gasteiger partial charge is 0.306 e. The summed E-state index contributed by atoms with van der Waals surface area (Å²) in [5, 5.41) is 9.33. The average molecular weight is 308 g/mol. The van der Waals surface area contributed by atoms with Crippen LogP contribution in [0.4, 0.5) is 4.39 Å². The van der Waals surface area contributed by atoms with Gasteiger partial charge in [-0.15, -0.1) is 12.4 Å². The van der Waals surface area contributed by atoms with E-state index in [1.165, 1.54) is 6.07 Å². The minimum atomic E-state index is -0.737. The van der Waals surface area contributed by atoms with Crippen LogP contribution >= 0.6 is 24.0 Å². The lowest BCUT2D eigenvalue weighted by atomic mass is 9.97. The molecule has 1 heterocycles. The first-order chi connectivity index (χ1) is 8.58. The van der Waals surface area contributed by atoms with Crippen LogP contribution < -0.4 is 0 Å². The molecule has 0 aliphatic carbocycles. The van der Waals surface area contributed by atoms with Gasteiger partial charge in [0.1, 0.15) is 5.82 Å². The number of benzene rings is 1. The minimum absolute atomic E-state index is 0. The van der Waals surface area contributed by atoms with Crippen LogP contribution in [0.5, 0.6) is 0 Å². The maximum Gasteiger partial charge on any atom is 0.306 e. The molecule has 1 aliphatic rings. The van der Waals surface area contributed by atoms with Crippen LogP contribution in [0.2, 0.25) is 5.02 Å². The highest BCUT2D eigenvalue weighted by Crippen LogP contribution is 2.24. The van der Waals surface area contributed by atoms with Gasteiger partial charge in [0, 0.05) is 17.1 Å². The average Bonchev–Trinajstić information content (AvgIpc) is 2.34. The number of carbonyl (C=O) groups is 1. The van der Waals surface area contributed by atoms with Gasteiger partial charge in [-0.1, -0.05) is 17.7 Å². The molecule has 0 aromatic heterocycles. The molecule has 3 nitrogen and oxygen atoms in total. The van der Waals surface area contributed by atoms with Crippen molar-refractivity contribution in [3.8, 4) is 0 Å². The molecule has 0 saturated carbocycles. The molecular weight excluding hydrogens is 292 g/mol. The number of nitrogens with zero attached hydrogens (tertiary/aromatic N) is 1. The van der Waals surface area contributed by atoms with Crippen molar-refractivity contribution in [1.29, 1.82) is 0 Å². The highest BCUT2D eigenvalue weighted by molar-refractivity contribution is 6.31. The third kappa shape index (κ3) is 4.06. The summed E-state index contributed by atoms with van der Waals surface area (Å²) in [7, 11) is 0. The zero-order valence-corrected chi connectivity index (χ0v) is 11.9. The molecule has 0 atom stereocenters. The van der Waals surface area contributed by atoms with E-state index in [4.69, 9.17) is 16.7 Å². The van der Waals surface area contributed by atoms with E-state index >= 15 is 0 Å². The molecule has 19 heavy (non-hydrogen) atoms. The summed E-state index contributed by atoms with van der Waals surface area (Å²) >= 11 is 5.97. The summed E-state index contributed by atoms with van der Waals surface area (Å²) in [5.41, 5.74) is 0.493. The first-order valence-corrected chi connectivity index (χ1v) is 6.34. The van der Waals surface area contributed by atoms with Crippen molar-refractivity contribution in [3.05, 3.63) is 34.6 Å². The van der Waals surface area contributed by atoms with E-state index in [9.17, 15) is 9.18 Å². The molecule has 1 aromatic rings. The number of carboxylic acid groups (broad SMARTS) is 1. The Morgan fingerprint density at radius 3 is 2.58 bits per heavy atom. The van der Waals surface area contributed by atoms with Crippen LogP contribution in [0.3, 0.4) is 0 Å². The van der Waals surface area contributed by atoms with E-state index in [0.717, 1.165) is 0 Å². The molecule has 0 unspecified atom stereocenters. The second-order valence-electron chi connectivity index (χ2n) is 4.59. The van der Waals surface area contributed by atoms with Crippen molar-refractivity contribution >= 4 is 30.0 Å². The number of hydrogen-bond acceptors (Lipinski definition) is 2. The summed E-state index contributed by atoms with van der Waals surface area (Å²) in [5.74, 6) is -1.31. The lowest BCUT2D eigenvalue weighted by Crippen LogP contribution is -2.36. The van der Waals surface area contributed by atoms with Gasteiger partial charge < -0.3 is 5.11 Å². The van der Waals surface area contributed by atoms with Crippen molar-refractivity contribution in [3.63, 3.8) is 0 Å². The van der Waals surface area contributed by atoms with Gasteiger partial charge in [0.05, 0.1) is 5.92 Å². The molecule has 6 heteroatoms. The summed E-state index contributed by atoms with van der Waals surface area (Å²) < 4.78 is 13.6. The number of carboxylic acids is 1. The monoisotopic (exact) mass is 307 g/mol. The number of rotatable bonds is 3. The molecule has 1 aliphatic heterocycles. The van der Waals surface area contributed by atoms with E-state index < -0.39 is 5.97 Å². The number of likely N-dealkylation sites (tertiary alicyclic amines) is 1. The second kappa shape index (κ2) is 7.08. The third-order valence-corrected chi connectivity index (χ3v) is 3.73. The number of hydrogen-bond donors (Lipinski definition) is 1. The van der Waals surface area contributed by atoms with E-state index in [2.05, 4.69) is 0 Å². The standard InChI is InChI=1S/C13H15ClFNO2.ClH/c14-11-2-1-3-12(15)10(11)8-16-6-4-9(5-7-16)13(17)18;/h1-3,9H,4-8H2,(H,17,18);1H. The van der Waals surface area contributed by atoms with E-state index in [1.807, 2.05) is 4.90 Å². The Morgan fingerprint density at radius 1 is 1.42 bits per heavy atom. The Bertz CT molecular complexity index is 428. The lowest BCUT2D eigenvalue weighted by molar-refractivity contribution is -0.143. The predicted octanol–water partition coefficient (Wildman–Crippen LogP) is 3.20. The number of piperidine rings is 1. The molecular formula is C13H16Cl2FNO2. The molecule has 2 rings (SSSR count). The van der Waals surface area contributed by atoms with Gasteiger partial charge >= 0.3 is 5.97 Å². The van der Waals surface area contributed by atoms with Crippen LogP contribution in [0, 0.1) is 11.7 Å². The molecule has 0 spiro atoms. The van der Waals surface area contributed by atoms with Crippen LogP contribution in [-0.2, 0) is 11.3 Å². The molecule has 0 bridgehead atoms. The third-order valence-electron chi connectivity index (χ3n) is 3.38. The molecule has 106 valence electrons. The molecule has 1 N–H and O–H groups in total. The Hall–Kier alpha value is -0.840. The molecule has 1 aromatic carbocycles. The summed E-state index contributed by atoms with van der Waals surface area (Å²) in [6.45, 7) is 1.78. The fourth-order valence-corrected chi connectivity index (χ4v) is 2.47. The minimum Gasteiger partial charge on any atom is -0.481 e. The van der Waals surface area contributed by atoms with Gasteiger partial charge in [0.25, 0.3) is 0 Å². The van der Waals surface area contributed by atoms with Crippen molar-refractivity contribution in [2.24, 2.45) is 5.92 Å². The normalized spacial score (nSPS) is 16.9. The maximum absolute atomic E-state index is 13.6. The summed E-state index contributed by atoms with van der Waals surface area (Å²) in [6, 6.07) is 4.65. The first kappa shape index (κ1) is 16.2. The van der Waals surface area contributed by atoms with Crippen LogP contribution in [-0.4, -0.2) is 29.1 Å². The highest BCUT2D eigenvalue weighted by atomic mass is 35.5. The predicted molar refractivity (Wildman–Crippen MR) is 74.3 cm³/mol. The largest absolute Gasteiger partial charge is 0.481 e. The van der Waals surface area contributed by atoms with Gasteiger partial charge in [-0.05, 0) is 38.1 Å². The van der Waals surface area contributed by atoms with Crippen LogP contribution in [0.25, 0.3) is 0 Å². The highest BCUT2D eigenvalue weighted by Gasteiger charge is 2.25. The van der Waals surface area contributed by atoms with Crippen LogP contribution in [0.15, 0.2) is 18.2 Å². The fraction of sp³-hybridized carbons (Fsp3) is 0.462. The van der Waals surface area contributed by atoms with Crippen LogP contribution in [0.1, 0.15) is 18.4 Å². The molecule has 1 fully saturated rings. The Kier molecular flexibility index (Phi) is 6.04. The molecule has 0 radical (unpaired) electrons. The second-order valence-corrected chi connectivity index (χ2v) is 5.00. The Morgan fingerprint density at radius 2 is 2.05 bits per heavy atom. The van der Waals surface area contributed by atoms with Crippen molar-refractivity contribution in [2.75, 3.05) is 13.1 Å². The van der Waals surface area contributed by atoms with Gasteiger partial charge in [-0.25, -0.2) is 4.39 Å². The maximum atomic E-state index is 13.6. The topological polar surface area (TPSA) is 40.5 Å². The van der Waals surface area contributed by atoms with Crippen molar-refractivity contribution < 1.29 is 14.3 Å². The Balaban J connectivity index is 0.00000180. The summed E-state index contributed by atoms with van der Waals surface area (Å²) in [4.78, 5) is 12.9. The van der Waals surface area contributed by atoms with Gasteiger partial charge in [0.2, 0.25) is 0 Å². The van der Waals surface area contributed by atoms with E-state index in [1.54, 1.807) is 12.1 Å². The van der Waals surface area contributed by atoms with E-state index in [-0.39, 0.29) is 24.1 Å². The fourth-order valence-electron chi connectivity index (χ4n) is 2.25. The summed E-state index contributed by atoms with van der Waals surface area (Å²) in [6.07, 6.45) is 1.23. The molecule has 1 saturated heterocycles. The SMILES string of the molecule is Cl.O=C(O)C1CCN(Cc2c(F)cccc2Cl)CC1. The van der Waals surface area contributed by atoms with E-state index in [0.29, 0.717) is 43.1 Å².